The first-order chi connectivity index (χ1) is 6.91. The summed E-state index contributed by atoms with van der Waals surface area (Å²) in [5, 5.41) is 3.51. The van der Waals surface area contributed by atoms with Crippen molar-refractivity contribution in [1.29, 1.82) is 0 Å². The van der Waals surface area contributed by atoms with E-state index in [1.54, 1.807) is 5.56 Å². The fourth-order valence-electron chi connectivity index (χ4n) is 2.71. The maximum atomic E-state index is 3.51. The van der Waals surface area contributed by atoms with Crippen LogP contribution in [0.15, 0.2) is 29.2 Å². The third-order valence-corrected chi connectivity index (χ3v) is 4.62. The van der Waals surface area contributed by atoms with Gasteiger partial charge in [0.2, 0.25) is 0 Å². The smallest absolute Gasteiger partial charge is 0.0110 e. The number of benzene rings is 1. The molecule has 2 heterocycles. The highest BCUT2D eigenvalue weighted by Crippen LogP contribution is 2.44. The molecular weight excluding hydrogens is 190 g/mol. The van der Waals surface area contributed by atoms with Gasteiger partial charge in [-0.2, -0.15) is 0 Å². The van der Waals surface area contributed by atoms with Crippen LogP contribution in [0.4, 0.5) is 0 Å². The van der Waals surface area contributed by atoms with Crippen LogP contribution in [-0.4, -0.2) is 18.8 Å². The van der Waals surface area contributed by atoms with Gasteiger partial charge >= 0.3 is 0 Å². The van der Waals surface area contributed by atoms with Gasteiger partial charge in [-0.15, -0.1) is 11.8 Å². The number of rotatable bonds is 0. The zero-order chi connectivity index (χ0) is 9.43. The van der Waals surface area contributed by atoms with Gasteiger partial charge in [-0.3, -0.25) is 0 Å². The Morgan fingerprint density at radius 3 is 3.00 bits per heavy atom. The van der Waals surface area contributed by atoms with E-state index in [4.69, 9.17) is 0 Å². The second-order valence-corrected chi connectivity index (χ2v) is 5.44. The van der Waals surface area contributed by atoms with Gasteiger partial charge in [-0.1, -0.05) is 18.2 Å². The summed E-state index contributed by atoms with van der Waals surface area (Å²) in [6, 6.07) is 8.95. The van der Waals surface area contributed by atoms with Crippen LogP contribution in [0.3, 0.4) is 0 Å². The first kappa shape index (κ1) is 8.81. The van der Waals surface area contributed by atoms with Crippen LogP contribution in [0.1, 0.15) is 18.4 Å². The van der Waals surface area contributed by atoms with Crippen molar-refractivity contribution in [2.24, 2.45) is 0 Å². The van der Waals surface area contributed by atoms with E-state index < -0.39 is 0 Å². The van der Waals surface area contributed by atoms with Gasteiger partial charge in [-0.05, 0) is 36.8 Å². The van der Waals surface area contributed by atoms with Crippen molar-refractivity contribution in [3.8, 4) is 0 Å². The van der Waals surface area contributed by atoms with Crippen molar-refractivity contribution in [2.45, 2.75) is 23.2 Å². The Morgan fingerprint density at radius 2 is 2.14 bits per heavy atom. The van der Waals surface area contributed by atoms with Gasteiger partial charge in [0, 0.05) is 16.9 Å². The van der Waals surface area contributed by atoms with Crippen molar-refractivity contribution in [3.63, 3.8) is 0 Å². The molecule has 0 bridgehead atoms. The van der Waals surface area contributed by atoms with Crippen molar-refractivity contribution in [2.75, 3.05) is 18.8 Å². The number of fused-ring (bicyclic) bond motifs is 2. The minimum absolute atomic E-state index is 0.474. The van der Waals surface area contributed by atoms with E-state index in [0.717, 1.165) is 0 Å². The lowest BCUT2D eigenvalue weighted by Gasteiger charge is -2.34. The Morgan fingerprint density at radius 1 is 1.21 bits per heavy atom. The molecule has 1 saturated heterocycles. The minimum atomic E-state index is 0.474. The van der Waals surface area contributed by atoms with Crippen LogP contribution in [-0.2, 0) is 5.41 Å². The van der Waals surface area contributed by atoms with Gasteiger partial charge < -0.3 is 5.32 Å². The molecule has 3 rings (SSSR count). The number of hydrogen-bond donors (Lipinski definition) is 1. The summed E-state index contributed by atoms with van der Waals surface area (Å²) in [6.07, 6.45) is 2.67. The van der Waals surface area contributed by atoms with Gasteiger partial charge in [0.15, 0.2) is 0 Å². The molecule has 74 valence electrons. The average Bonchev–Trinajstić information content (AvgIpc) is 2.68. The lowest BCUT2D eigenvalue weighted by Crippen LogP contribution is -2.32. The Labute approximate surface area is 89.3 Å². The summed E-state index contributed by atoms with van der Waals surface area (Å²) < 4.78 is 0. The van der Waals surface area contributed by atoms with Crippen molar-refractivity contribution >= 4 is 11.8 Å². The predicted molar refractivity (Wildman–Crippen MR) is 60.9 cm³/mol. The van der Waals surface area contributed by atoms with E-state index in [1.165, 1.54) is 36.6 Å². The molecule has 1 atom stereocenters. The highest BCUT2D eigenvalue weighted by atomic mass is 32.2. The lowest BCUT2D eigenvalue weighted by molar-refractivity contribution is 0.443. The van der Waals surface area contributed by atoms with E-state index in [0.29, 0.717) is 5.41 Å². The SMILES string of the molecule is c1ccc2c(c1)SCCC21CCNC1. The Bertz CT molecular complexity index is 342. The van der Waals surface area contributed by atoms with E-state index in [9.17, 15) is 0 Å². The van der Waals surface area contributed by atoms with Crippen LogP contribution in [0, 0.1) is 0 Å². The maximum Gasteiger partial charge on any atom is 0.0110 e. The zero-order valence-corrected chi connectivity index (χ0v) is 9.07. The monoisotopic (exact) mass is 205 g/mol. The molecule has 2 aliphatic heterocycles. The van der Waals surface area contributed by atoms with Crippen molar-refractivity contribution in [3.05, 3.63) is 29.8 Å². The first-order valence-electron chi connectivity index (χ1n) is 5.34. The highest BCUT2D eigenvalue weighted by Gasteiger charge is 2.38. The van der Waals surface area contributed by atoms with Crippen molar-refractivity contribution in [1.82, 2.24) is 5.32 Å². The molecule has 0 radical (unpaired) electrons. The third-order valence-electron chi connectivity index (χ3n) is 3.54. The second kappa shape index (κ2) is 3.28. The Kier molecular flexibility index (Phi) is 2.06. The van der Waals surface area contributed by atoms with E-state index in [1.807, 2.05) is 11.8 Å². The van der Waals surface area contributed by atoms with Gasteiger partial charge in [-0.25, -0.2) is 0 Å². The molecule has 1 N–H and O–H groups in total. The fraction of sp³-hybridized carbons (Fsp3) is 0.500. The summed E-state index contributed by atoms with van der Waals surface area (Å²) >= 11 is 2.02. The molecule has 1 aromatic carbocycles. The Hall–Kier alpha value is -0.470. The fourth-order valence-corrected chi connectivity index (χ4v) is 4.04. The first-order valence-corrected chi connectivity index (χ1v) is 6.32. The molecule has 0 aromatic heterocycles. The minimum Gasteiger partial charge on any atom is -0.316 e. The summed E-state index contributed by atoms with van der Waals surface area (Å²) in [5.74, 6) is 1.29. The van der Waals surface area contributed by atoms with E-state index in [2.05, 4.69) is 29.6 Å². The second-order valence-electron chi connectivity index (χ2n) is 4.30. The van der Waals surface area contributed by atoms with Crippen molar-refractivity contribution < 1.29 is 0 Å². The highest BCUT2D eigenvalue weighted by molar-refractivity contribution is 7.99. The van der Waals surface area contributed by atoms with E-state index >= 15 is 0 Å². The summed E-state index contributed by atoms with van der Waals surface area (Å²) in [4.78, 5) is 1.52. The molecule has 0 aliphatic carbocycles. The van der Waals surface area contributed by atoms with E-state index in [-0.39, 0.29) is 0 Å². The summed E-state index contributed by atoms with van der Waals surface area (Å²) in [5.41, 5.74) is 2.07. The molecule has 2 heteroatoms. The maximum absolute atomic E-state index is 3.51. The third kappa shape index (κ3) is 1.21. The molecule has 2 aliphatic rings. The van der Waals surface area contributed by atoms with Gasteiger partial charge in [0.25, 0.3) is 0 Å². The molecular formula is C12H15NS. The predicted octanol–water partition coefficient (Wildman–Crippen LogP) is 2.41. The Balaban J connectivity index is 2.10. The topological polar surface area (TPSA) is 12.0 Å². The molecule has 0 amide bonds. The average molecular weight is 205 g/mol. The van der Waals surface area contributed by atoms with Crippen LogP contribution in [0.2, 0.25) is 0 Å². The molecule has 1 fully saturated rings. The number of nitrogens with one attached hydrogen (secondary N) is 1. The standard InChI is InChI=1S/C12H15NS/c1-2-4-11-10(3-1)12(6-8-14-11)5-7-13-9-12/h1-4,13H,5-9H2. The van der Waals surface area contributed by atoms with Gasteiger partial charge in [0.1, 0.15) is 0 Å². The van der Waals surface area contributed by atoms with Crippen LogP contribution < -0.4 is 5.32 Å². The van der Waals surface area contributed by atoms with Crippen LogP contribution >= 0.6 is 11.8 Å². The normalized spacial score (nSPS) is 30.6. The zero-order valence-electron chi connectivity index (χ0n) is 8.25. The number of thioether (sulfide) groups is 1. The lowest BCUT2D eigenvalue weighted by atomic mass is 9.77. The molecule has 0 saturated carbocycles. The molecule has 1 unspecified atom stereocenters. The molecule has 14 heavy (non-hydrogen) atoms. The number of hydrogen-bond acceptors (Lipinski definition) is 2. The van der Waals surface area contributed by atoms with Crippen LogP contribution in [0.25, 0.3) is 0 Å². The summed E-state index contributed by atoms with van der Waals surface area (Å²) in [7, 11) is 0. The summed E-state index contributed by atoms with van der Waals surface area (Å²) in [6.45, 7) is 2.38. The molecule has 1 nitrogen and oxygen atoms in total. The molecule has 1 aromatic rings. The quantitative estimate of drug-likeness (QED) is 0.698. The molecule has 1 spiro atoms. The van der Waals surface area contributed by atoms with Gasteiger partial charge in [0.05, 0.1) is 0 Å². The van der Waals surface area contributed by atoms with Crippen LogP contribution in [0.5, 0.6) is 0 Å². The largest absolute Gasteiger partial charge is 0.316 e.